The standard InChI is InChI=1S/C21H24ClN5O2S2/c1-27-21(25-17-5-3-2-4-6-17)30-20(26-27)16-7-8-18(22)19(13-16)31(28,29)24-14-15-9-11-23-12-10-15/h7-13,17,24H,2-6,14H2,1H3/b25-21+. The maximum absolute atomic E-state index is 12.9. The van der Waals surface area contributed by atoms with E-state index in [2.05, 4.69) is 14.8 Å². The van der Waals surface area contributed by atoms with E-state index in [-0.39, 0.29) is 16.5 Å². The van der Waals surface area contributed by atoms with Crippen LogP contribution in [0, 0.1) is 0 Å². The molecular formula is C21H24ClN5O2S2. The van der Waals surface area contributed by atoms with Gasteiger partial charge in [-0.05, 0) is 42.7 Å². The molecule has 1 fully saturated rings. The molecule has 1 N–H and O–H groups in total. The van der Waals surface area contributed by atoms with Crippen molar-refractivity contribution in [2.24, 2.45) is 12.0 Å². The third-order valence-electron chi connectivity index (χ3n) is 5.26. The van der Waals surface area contributed by atoms with Crippen molar-refractivity contribution in [2.75, 3.05) is 0 Å². The topological polar surface area (TPSA) is 89.2 Å². The van der Waals surface area contributed by atoms with E-state index in [0.717, 1.165) is 23.2 Å². The molecule has 3 aromatic rings. The molecule has 1 aliphatic rings. The molecular weight excluding hydrogens is 454 g/mol. The van der Waals surface area contributed by atoms with E-state index < -0.39 is 10.0 Å². The van der Waals surface area contributed by atoms with Crippen LogP contribution in [-0.4, -0.2) is 29.2 Å². The second-order valence-electron chi connectivity index (χ2n) is 7.56. The molecule has 0 radical (unpaired) electrons. The van der Waals surface area contributed by atoms with Crippen LogP contribution in [0.3, 0.4) is 0 Å². The van der Waals surface area contributed by atoms with E-state index in [4.69, 9.17) is 16.6 Å². The molecule has 2 heterocycles. The third kappa shape index (κ3) is 5.41. The Bertz CT molecular complexity index is 1220. The SMILES string of the molecule is Cn1nc(-c2ccc(Cl)c(S(=O)(=O)NCc3ccncc3)c2)s/c1=N/C1CCCCC1. The van der Waals surface area contributed by atoms with Gasteiger partial charge in [0.2, 0.25) is 14.8 Å². The molecule has 31 heavy (non-hydrogen) atoms. The van der Waals surface area contributed by atoms with Crippen molar-refractivity contribution in [1.82, 2.24) is 19.5 Å². The van der Waals surface area contributed by atoms with Gasteiger partial charge in [0.15, 0.2) is 0 Å². The quantitative estimate of drug-likeness (QED) is 0.582. The van der Waals surface area contributed by atoms with Gasteiger partial charge < -0.3 is 0 Å². The van der Waals surface area contributed by atoms with Crippen LogP contribution in [0.25, 0.3) is 10.6 Å². The van der Waals surface area contributed by atoms with E-state index in [1.165, 1.54) is 30.6 Å². The van der Waals surface area contributed by atoms with Crippen LogP contribution in [0.1, 0.15) is 37.7 Å². The van der Waals surface area contributed by atoms with Gasteiger partial charge in [-0.15, -0.1) is 0 Å². The van der Waals surface area contributed by atoms with Gasteiger partial charge in [-0.1, -0.05) is 48.3 Å². The van der Waals surface area contributed by atoms with Gasteiger partial charge in [0, 0.05) is 31.5 Å². The van der Waals surface area contributed by atoms with Crippen molar-refractivity contribution in [1.29, 1.82) is 0 Å². The van der Waals surface area contributed by atoms with Crippen molar-refractivity contribution in [3.05, 3.63) is 58.1 Å². The Kier molecular flexibility index (Phi) is 6.86. The van der Waals surface area contributed by atoms with Crippen LogP contribution < -0.4 is 9.52 Å². The highest BCUT2D eigenvalue weighted by Crippen LogP contribution is 2.29. The fourth-order valence-corrected chi connectivity index (χ4v) is 6.04. The average Bonchev–Trinajstić information content (AvgIpc) is 3.14. The Hall–Kier alpha value is -2.07. The summed E-state index contributed by atoms with van der Waals surface area (Å²) < 4.78 is 30.1. The monoisotopic (exact) mass is 477 g/mol. The normalized spacial score (nSPS) is 16.0. The van der Waals surface area contributed by atoms with Crippen molar-refractivity contribution >= 4 is 33.0 Å². The lowest BCUT2D eigenvalue weighted by atomic mass is 9.96. The molecule has 0 amide bonds. The zero-order chi connectivity index (χ0) is 21.8. The summed E-state index contributed by atoms with van der Waals surface area (Å²) in [6.07, 6.45) is 9.18. The fraction of sp³-hybridized carbons (Fsp3) is 0.381. The zero-order valence-electron chi connectivity index (χ0n) is 17.2. The fourth-order valence-electron chi connectivity index (χ4n) is 3.54. The molecule has 1 aromatic carbocycles. The van der Waals surface area contributed by atoms with Crippen molar-refractivity contribution in [3.63, 3.8) is 0 Å². The van der Waals surface area contributed by atoms with Gasteiger partial charge in [0.1, 0.15) is 9.90 Å². The second-order valence-corrected chi connectivity index (χ2v) is 10.7. The summed E-state index contributed by atoms with van der Waals surface area (Å²) in [5.41, 5.74) is 1.51. The first-order valence-corrected chi connectivity index (χ1v) is 12.9. The number of hydrogen-bond donors (Lipinski definition) is 1. The Balaban J connectivity index is 1.60. The minimum atomic E-state index is -3.80. The first kappa shape index (κ1) is 22.1. The van der Waals surface area contributed by atoms with Crippen LogP contribution in [0.2, 0.25) is 5.02 Å². The number of aryl methyl sites for hydroxylation is 1. The molecule has 2 aromatic heterocycles. The summed E-state index contributed by atoms with van der Waals surface area (Å²) in [6.45, 7) is 0.155. The van der Waals surface area contributed by atoms with Crippen LogP contribution in [0.4, 0.5) is 0 Å². The van der Waals surface area contributed by atoms with Gasteiger partial charge in [-0.25, -0.2) is 17.8 Å². The molecule has 0 unspecified atom stereocenters. The molecule has 7 nitrogen and oxygen atoms in total. The number of halogens is 1. The predicted octanol–water partition coefficient (Wildman–Crippen LogP) is 3.91. The predicted molar refractivity (Wildman–Crippen MR) is 122 cm³/mol. The maximum Gasteiger partial charge on any atom is 0.242 e. The number of pyridine rings is 1. The molecule has 0 spiro atoms. The highest BCUT2D eigenvalue weighted by atomic mass is 35.5. The summed E-state index contributed by atoms with van der Waals surface area (Å²) in [5, 5.41) is 5.44. The summed E-state index contributed by atoms with van der Waals surface area (Å²) in [4.78, 5) is 9.69. The van der Waals surface area contributed by atoms with Gasteiger partial charge in [-0.2, -0.15) is 5.10 Å². The van der Waals surface area contributed by atoms with Crippen molar-refractivity contribution in [3.8, 4) is 10.6 Å². The molecule has 164 valence electrons. The van der Waals surface area contributed by atoms with E-state index in [1.807, 2.05) is 7.05 Å². The van der Waals surface area contributed by atoms with Crippen LogP contribution in [0.15, 0.2) is 52.6 Å². The molecule has 4 rings (SSSR count). The van der Waals surface area contributed by atoms with Gasteiger partial charge >= 0.3 is 0 Å². The van der Waals surface area contributed by atoms with Crippen LogP contribution >= 0.6 is 22.9 Å². The first-order chi connectivity index (χ1) is 14.9. The second kappa shape index (κ2) is 9.60. The van der Waals surface area contributed by atoms with E-state index in [0.29, 0.717) is 16.6 Å². The number of aromatic nitrogens is 3. The smallest absolute Gasteiger partial charge is 0.242 e. The van der Waals surface area contributed by atoms with Gasteiger partial charge in [0.05, 0.1) is 11.1 Å². The Labute approximate surface area is 190 Å². The minimum absolute atomic E-state index is 0.0318. The van der Waals surface area contributed by atoms with Crippen molar-refractivity contribution < 1.29 is 8.42 Å². The lowest BCUT2D eigenvalue weighted by molar-refractivity contribution is 0.434. The van der Waals surface area contributed by atoms with Crippen molar-refractivity contribution in [2.45, 2.75) is 49.6 Å². The van der Waals surface area contributed by atoms with Gasteiger partial charge in [0.25, 0.3) is 0 Å². The Morgan fingerprint density at radius 1 is 1.19 bits per heavy atom. The average molecular weight is 478 g/mol. The minimum Gasteiger partial charge on any atom is -0.265 e. The van der Waals surface area contributed by atoms with E-state index in [9.17, 15) is 8.42 Å². The molecule has 0 saturated heterocycles. The number of sulfonamides is 1. The summed E-state index contributed by atoms with van der Waals surface area (Å²) in [6, 6.07) is 8.80. The Morgan fingerprint density at radius 3 is 2.68 bits per heavy atom. The van der Waals surface area contributed by atoms with Gasteiger partial charge in [-0.3, -0.25) is 9.98 Å². The number of nitrogens with zero attached hydrogens (tertiary/aromatic N) is 4. The Morgan fingerprint density at radius 2 is 1.94 bits per heavy atom. The molecule has 0 aliphatic heterocycles. The number of hydrogen-bond acceptors (Lipinski definition) is 6. The summed E-state index contributed by atoms with van der Waals surface area (Å²) >= 11 is 7.71. The largest absolute Gasteiger partial charge is 0.265 e. The highest BCUT2D eigenvalue weighted by molar-refractivity contribution is 7.89. The van der Waals surface area contributed by atoms with Crippen LogP contribution in [0.5, 0.6) is 0 Å². The first-order valence-electron chi connectivity index (χ1n) is 10.2. The third-order valence-corrected chi connectivity index (χ3v) is 8.20. The number of benzene rings is 1. The number of rotatable bonds is 6. The maximum atomic E-state index is 12.9. The highest BCUT2D eigenvalue weighted by Gasteiger charge is 2.20. The lowest BCUT2D eigenvalue weighted by Gasteiger charge is -2.16. The van der Waals surface area contributed by atoms with E-state index in [1.54, 1.807) is 47.4 Å². The molecule has 10 heteroatoms. The summed E-state index contributed by atoms with van der Waals surface area (Å²) in [7, 11) is -1.93. The number of nitrogens with one attached hydrogen (secondary N) is 1. The molecule has 0 atom stereocenters. The zero-order valence-corrected chi connectivity index (χ0v) is 19.6. The molecule has 0 bridgehead atoms. The summed E-state index contributed by atoms with van der Waals surface area (Å²) in [5.74, 6) is 0. The van der Waals surface area contributed by atoms with Crippen LogP contribution in [-0.2, 0) is 23.6 Å². The molecule has 1 aliphatic carbocycles. The lowest BCUT2D eigenvalue weighted by Crippen LogP contribution is -2.23. The van der Waals surface area contributed by atoms with E-state index >= 15 is 0 Å². The molecule has 1 saturated carbocycles.